The third-order valence-corrected chi connectivity index (χ3v) is 2.91. The number of hydrogen-bond donors (Lipinski definition) is 3. The van der Waals surface area contributed by atoms with Crippen molar-refractivity contribution >= 4 is 22.5 Å². The molecule has 2 rings (SSSR count). The van der Waals surface area contributed by atoms with E-state index in [0.29, 0.717) is 12.3 Å². The molecule has 0 saturated carbocycles. The Kier molecular flexibility index (Phi) is 3.67. The Balaban J connectivity index is 2.14. The van der Waals surface area contributed by atoms with E-state index in [1.165, 1.54) is 0 Å². The molecule has 4 heteroatoms. The summed E-state index contributed by atoms with van der Waals surface area (Å²) in [6, 6.07) is 7.25. The zero-order valence-corrected chi connectivity index (χ0v) is 10.7. The average molecular weight is 245 g/mol. The lowest BCUT2D eigenvalue weighted by Crippen LogP contribution is -2.36. The van der Waals surface area contributed by atoms with Gasteiger partial charge in [0.25, 0.3) is 0 Å². The molecule has 0 bridgehead atoms. The summed E-state index contributed by atoms with van der Waals surface area (Å²) in [6.07, 6.45) is 2.54. The van der Waals surface area contributed by atoms with Crippen molar-refractivity contribution in [2.45, 2.75) is 26.3 Å². The lowest BCUT2D eigenvalue weighted by Gasteiger charge is -2.14. The fourth-order valence-corrected chi connectivity index (χ4v) is 2.03. The third kappa shape index (κ3) is 2.71. The van der Waals surface area contributed by atoms with Crippen molar-refractivity contribution in [2.24, 2.45) is 11.7 Å². The number of nitrogens with one attached hydrogen (secondary N) is 2. The van der Waals surface area contributed by atoms with E-state index < -0.39 is 6.04 Å². The highest BCUT2D eigenvalue weighted by Gasteiger charge is 2.15. The monoisotopic (exact) mass is 245 g/mol. The van der Waals surface area contributed by atoms with Gasteiger partial charge >= 0.3 is 0 Å². The molecule has 4 N–H and O–H groups in total. The van der Waals surface area contributed by atoms with Crippen LogP contribution in [0.3, 0.4) is 0 Å². The predicted molar refractivity (Wildman–Crippen MR) is 74.4 cm³/mol. The van der Waals surface area contributed by atoms with Gasteiger partial charge in [0.1, 0.15) is 0 Å². The molecule has 0 aliphatic carbocycles. The van der Waals surface area contributed by atoms with Gasteiger partial charge in [0.2, 0.25) is 5.91 Å². The maximum Gasteiger partial charge on any atom is 0.241 e. The van der Waals surface area contributed by atoms with Gasteiger partial charge in [-0.3, -0.25) is 4.79 Å². The Bertz CT molecular complexity index is 545. The summed E-state index contributed by atoms with van der Waals surface area (Å²) in [5, 5.41) is 3.89. The first-order valence-corrected chi connectivity index (χ1v) is 6.20. The molecule has 1 heterocycles. The van der Waals surface area contributed by atoms with E-state index in [1.54, 1.807) is 0 Å². The molecule has 0 aliphatic rings. The van der Waals surface area contributed by atoms with E-state index in [4.69, 9.17) is 5.73 Å². The lowest BCUT2D eigenvalue weighted by atomic mass is 10.0. The van der Waals surface area contributed by atoms with E-state index in [1.807, 2.05) is 30.5 Å². The third-order valence-electron chi connectivity index (χ3n) is 2.91. The molecule has 1 aromatic carbocycles. The largest absolute Gasteiger partial charge is 0.361 e. The number of amides is 1. The molecule has 0 spiro atoms. The number of nitrogens with two attached hydrogens (primary N) is 1. The van der Waals surface area contributed by atoms with Gasteiger partial charge in [-0.15, -0.1) is 0 Å². The second-order valence-electron chi connectivity index (χ2n) is 4.97. The molecule has 1 atom stereocenters. The molecule has 0 radical (unpaired) electrons. The molecule has 18 heavy (non-hydrogen) atoms. The van der Waals surface area contributed by atoms with Gasteiger partial charge in [-0.05, 0) is 30.5 Å². The quantitative estimate of drug-likeness (QED) is 0.774. The van der Waals surface area contributed by atoms with Crippen LogP contribution >= 0.6 is 0 Å². The number of carbonyl (C=O) groups is 1. The van der Waals surface area contributed by atoms with Gasteiger partial charge in [-0.1, -0.05) is 19.9 Å². The van der Waals surface area contributed by atoms with Gasteiger partial charge < -0.3 is 16.0 Å². The van der Waals surface area contributed by atoms with E-state index in [0.717, 1.165) is 16.6 Å². The summed E-state index contributed by atoms with van der Waals surface area (Å²) in [4.78, 5) is 15.1. The topological polar surface area (TPSA) is 70.9 Å². The second-order valence-corrected chi connectivity index (χ2v) is 4.97. The van der Waals surface area contributed by atoms with Crippen LogP contribution in [0.25, 0.3) is 10.9 Å². The smallest absolute Gasteiger partial charge is 0.241 e. The molecule has 4 nitrogen and oxygen atoms in total. The fraction of sp³-hybridized carbons (Fsp3) is 0.357. The standard InChI is InChI=1S/C14H19N3O/c1-9(2)8-11(15)14(18)17-13-5-3-4-12-10(13)6-7-16-12/h3-7,9,11,16H,8,15H2,1-2H3,(H,17,18)/t11-/m0/s1. The van der Waals surface area contributed by atoms with Crippen LogP contribution in [0.5, 0.6) is 0 Å². The summed E-state index contributed by atoms with van der Waals surface area (Å²) in [5.41, 5.74) is 7.67. The molecule has 1 amide bonds. The molecule has 0 aliphatic heterocycles. The Morgan fingerprint density at radius 3 is 2.89 bits per heavy atom. The van der Waals surface area contributed by atoms with Gasteiger partial charge in [0.15, 0.2) is 0 Å². The van der Waals surface area contributed by atoms with Crippen molar-refractivity contribution in [2.75, 3.05) is 5.32 Å². The fourth-order valence-electron chi connectivity index (χ4n) is 2.03. The van der Waals surface area contributed by atoms with Crippen LogP contribution in [0.1, 0.15) is 20.3 Å². The van der Waals surface area contributed by atoms with E-state index in [-0.39, 0.29) is 5.91 Å². The van der Waals surface area contributed by atoms with Gasteiger partial charge in [0, 0.05) is 17.1 Å². The van der Waals surface area contributed by atoms with E-state index in [9.17, 15) is 4.79 Å². The summed E-state index contributed by atoms with van der Waals surface area (Å²) >= 11 is 0. The highest BCUT2D eigenvalue weighted by atomic mass is 16.2. The number of aromatic amines is 1. The highest BCUT2D eigenvalue weighted by Crippen LogP contribution is 2.22. The zero-order valence-electron chi connectivity index (χ0n) is 10.7. The number of carbonyl (C=O) groups excluding carboxylic acids is 1. The summed E-state index contributed by atoms with van der Waals surface area (Å²) in [6.45, 7) is 4.11. The predicted octanol–water partition coefficient (Wildman–Crippen LogP) is 2.48. The number of rotatable bonds is 4. The van der Waals surface area contributed by atoms with E-state index in [2.05, 4.69) is 24.1 Å². The number of anilines is 1. The second kappa shape index (κ2) is 5.23. The molecule has 2 aromatic rings. The number of hydrogen-bond acceptors (Lipinski definition) is 2. The maximum atomic E-state index is 12.0. The first-order chi connectivity index (χ1) is 8.58. The molecule has 0 fully saturated rings. The van der Waals surface area contributed by atoms with Crippen molar-refractivity contribution in [3.05, 3.63) is 30.5 Å². The molecular formula is C14H19N3O. The van der Waals surface area contributed by atoms with Crippen LogP contribution in [-0.4, -0.2) is 16.9 Å². The Labute approximate surface area is 107 Å². The van der Waals surface area contributed by atoms with Gasteiger partial charge in [-0.2, -0.15) is 0 Å². The normalized spacial score (nSPS) is 12.9. The van der Waals surface area contributed by atoms with Crippen LogP contribution in [0.15, 0.2) is 30.5 Å². The minimum Gasteiger partial charge on any atom is -0.361 e. The zero-order chi connectivity index (χ0) is 13.1. The Hall–Kier alpha value is -1.81. The van der Waals surface area contributed by atoms with Gasteiger partial charge in [-0.25, -0.2) is 0 Å². The number of benzene rings is 1. The minimum absolute atomic E-state index is 0.127. The minimum atomic E-state index is -0.459. The summed E-state index contributed by atoms with van der Waals surface area (Å²) < 4.78 is 0. The molecule has 0 saturated heterocycles. The number of H-pyrrole nitrogens is 1. The molecule has 1 aromatic heterocycles. The van der Waals surface area contributed by atoms with Crippen molar-refractivity contribution < 1.29 is 4.79 Å². The van der Waals surface area contributed by atoms with Crippen LogP contribution < -0.4 is 11.1 Å². The lowest BCUT2D eigenvalue weighted by molar-refractivity contribution is -0.117. The number of aromatic nitrogens is 1. The molecular weight excluding hydrogens is 226 g/mol. The van der Waals surface area contributed by atoms with Crippen LogP contribution in [0.2, 0.25) is 0 Å². The van der Waals surface area contributed by atoms with Crippen molar-refractivity contribution in [1.82, 2.24) is 4.98 Å². The summed E-state index contributed by atoms with van der Waals surface area (Å²) in [7, 11) is 0. The SMILES string of the molecule is CC(C)C[C@H](N)C(=O)Nc1cccc2[nH]ccc12. The van der Waals surface area contributed by atoms with Crippen molar-refractivity contribution in [3.8, 4) is 0 Å². The molecule has 0 unspecified atom stereocenters. The van der Waals surface area contributed by atoms with Crippen molar-refractivity contribution in [3.63, 3.8) is 0 Å². The van der Waals surface area contributed by atoms with Crippen LogP contribution in [-0.2, 0) is 4.79 Å². The molecule has 96 valence electrons. The highest BCUT2D eigenvalue weighted by molar-refractivity contribution is 6.02. The number of fused-ring (bicyclic) bond motifs is 1. The van der Waals surface area contributed by atoms with E-state index >= 15 is 0 Å². The van der Waals surface area contributed by atoms with Crippen molar-refractivity contribution in [1.29, 1.82) is 0 Å². The summed E-state index contributed by atoms with van der Waals surface area (Å²) in [5.74, 6) is 0.284. The first kappa shape index (κ1) is 12.6. The maximum absolute atomic E-state index is 12.0. The van der Waals surface area contributed by atoms with Crippen LogP contribution in [0.4, 0.5) is 5.69 Å². The Morgan fingerprint density at radius 2 is 2.17 bits per heavy atom. The van der Waals surface area contributed by atoms with Crippen LogP contribution in [0, 0.1) is 5.92 Å². The first-order valence-electron chi connectivity index (χ1n) is 6.20. The average Bonchev–Trinajstić information content (AvgIpc) is 2.77. The van der Waals surface area contributed by atoms with Gasteiger partial charge in [0.05, 0.1) is 11.7 Å². The Morgan fingerprint density at radius 1 is 1.39 bits per heavy atom.